The molecule has 4 nitrogen and oxygen atoms in total. The van der Waals surface area contributed by atoms with Crippen molar-refractivity contribution in [2.75, 3.05) is 6.54 Å². The Bertz CT molecular complexity index is 516. The van der Waals surface area contributed by atoms with Crippen LogP contribution in [0.4, 0.5) is 4.39 Å². The lowest BCUT2D eigenvalue weighted by Crippen LogP contribution is -2.44. The Hall–Kier alpha value is -1.62. The molecule has 1 unspecified atom stereocenters. The van der Waals surface area contributed by atoms with Gasteiger partial charge in [0.05, 0.1) is 0 Å². The van der Waals surface area contributed by atoms with Crippen molar-refractivity contribution in [1.82, 2.24) is 10.2 Å². The third-order valence-corrected chi connectivity index (χ3v) is 3.83. The maximum Gasteiger partial charge on any atom is 0.243 e. The normalized spacial score (nSPS) is 18.4. The lowest BCUT2D eigenvalue weighted by Gasteiger charge is -2.22. The zero-order chi connectivity index (χ0) is 14.7. The standard InChI is InChI=1S/C14H16ClFN2O2/c1-2-18-12(6-7-13(18)19)14(20)17-8-9-10(15)4-3-5-11(9)16/h3-5,12H,2,6-8H2,1H3,(H,17,20). The van der Waals surface area contributed by atoms with Gasteiger partial charge < -0.3 is 10.2 Å². The van der Waals surface area contributed by atoms with Crippen molar-refractivity contribution in [2.45, 2.75) is 32.4 Å². The molecule has 1 aromatic carbocycles. The van der Waals surface area contributed by atoms with Crippen molar-refractivity contribution in [1.29, 1.82) is 0 Å². The molecule has 1 aromatic rings. The first-order valence-corrected chi connectivity index (χ1v) is 6.92. The van der Waals surface area contributed by atoms with Crippen LogP contribution in [-0.4, -0.2) is 29.3 Å². The number of hydrogen-bond acceptors (Lipinski definition) is 2. The first-order chi connectivity index (χ1) is 9.54. The SMILES string of the molecule is CCN1C(=O)CCC1C(=O)NCc1c(F)cccc1Cl. The van der Waals surface area contributed by atoms with Crippen LogP contribution in [0, 0.1) is 5.82 Å². The van der Waals surface area contributed by atoms with Crippen molar-refractivity contribution in [3.63, 3.8) is 0 Å². The lowest BCUT2D eigenvalue weighted by atomic mass is 10.1. The summed E-state index contributed by atoms with van der Waals surface area (Å²) in [4.78, 5) is 25.2. The Morgan fingerprint density at radius 1 is 1.55 bits per heavy atom. The van der Waals surface area contributed by atoms with Crippen LogP contribution in [-0.2, 0) is 16.1 Å². The largest absolute Gasteiger partial charge is 0.350 e. The van der Waals surface area contributed by atoms with Crippen LogP contribution in [0.5, 0.6) is 0 Å². The van der Waals surface area contributed by atoms with Crippen LogP contribution in [0.1, 0.15) is 25.3 Å². The number of amides is 2. The first kappa shape index (κ1) is 14.8. The third kappa shape index (κ3) is 2.93. The molecule has 2 rings (SSSR count). The van der Waals surface area contributed by atoms with Gasteiger partial charge in [-0.15, -0.1) is 0 Å². The van der Waals surface area contributed by atoms with E-state index < -0.39 is 11.9 Å². The Morgan fingerprint density at radius 3 is 2.95 bits per heavy atom. The zero-order valence-corrected chi connectivity index (χ0v) is 11.9. The lowest BCUT2D eigenvalue weighted by molar-refractivity contribution is -0.135. The number of carbonyl (C=O) groups is 2. The van der Waals surface area contributed by atoms with Crippen LogP contribution in [0.25, 0.3) is 0 Å². The average molecular weight is 299 g/mol. The monoisotopic (exact) mass is 298 g/mol. The Balaban J connectivity index is 2.01. The highest BCUT2D eigenvalue weighted by molar-refractivity contribution is 6.31. The highest BCUT2D eigenvalue weighted by Gasteiger charge is 2.34. The number of carbonyl (C=O) groups excluding carboxylic acids is 2. The number of likely N-dealkylation sites (tertiary alicyclic amines) is 1. The minimum atomic E-state index is -0.460. The van der Waals surface area contributed by atoms with Crippen molar-refractivity contribution in [3.8, 4) is 0 Å². The number of nitrogens with zero attached hydrogens (tertiary/aromatic N) is 1. The molecular weight excluding hydrogens is 283 g/mol. The van der Waals surface area contributed by atoms with Gasteiger partial charge in [0.1, 0.15) is 11.9 Å². The van der Waals surface area contributed by atoms with E-state index in [0.717, 1.165) is 0 Å². The van der Waals surface area contributed by atoms with Gasteiger partial charge in [0.2, 0.25) is 11.8 Å². The van der Waals surface area contributed by atoms with Gasteiger partial charge in [-0.3, -0.25) is 9.59 Å². The summed E-state index contributed by atoms with van der Waals surface area (Å²) in [6.45, 7) is 2.35. The molecule has 1 N–H and O–H groups in total. The predicted octanol–water partition coefficient (Wildman–Crippen LogP) is 2.11. The fourth-order valence-electron chi connectivity index (χ4n) is 2.40. The van der Waals surface area contributed by atoms with E-state index in [1.54, 1.807) is 6.07 Å². The topological polar surface area (TPSA) is 49.4 Å². The summed E-state index contributed by atoms with van der Waals surface area (Å²) in [5, 5.41) is 2.93. The molecule has 0 bridgehead atoms. The number of rotatable bonds is 4. The summed E-state index contributed by atoms with van der Waals surface area (Å²) >= 11 is 5.90. The molecule has 0 radical (unpaired) electrons. The fourth-order valence-corrected chi connectivity index (χ4v) is 2.63. The highest BCUT2D eigenvalue weighted by Crippen LogP contribution is 2.20. The van der Waals surface area contributed by atoms with E-state index in [4.69, 9.17) is 11.6 Å². The minimum Gasteiger partial charge on any atom is -0.350 e. The quantitative estimate of drug-likeness (QED) is 0.925. The molecule has 1 fully saturated rings. The highest BCUT2D eigenvalue weighted by atomic mass is 35.5. The smallest absolute Gasteiger partial charge is 0.243 e. The van der Waals surface area contributed by atoms with E-state index in [9.17, 15) is 14.0 Å². The van der Waals surface area contributed by atoms with Crippen LogP contribution in [0.3, 0.4) is 0 Å². The average Bonchev–Trinajstić information content (AvgIpc) is 2.79. The molecule has 6 heteroatoms. The summed E-state index contributed by atoms with van der Waals surface area (Å²) in [6.07, 6.45) is 0.885. The van der Waals surface area contributed by atoms with Gasteiger partial charge in [-0.25, -0.2) is 4.39 Å². The van der Waals surface area contributed by atoms with E-state index in [2.05, 4.69) is 5.32 Å². The van der Waals surface area contributed by atoms with E-state index in [1.807, 2.05) is 6.92 Å². The van der Waals surface area contributed by atoms with Crippen molar-refractivity contribution >= 4 is 23.4 Å². The number of likely N-dealkylation sites (N-methyl/N-ethyl adjacent to an activating group) is 1. The molecule has 1 saturated heterocycles. The molecule has 0 spiro atoms. The Kier molecular flexibility index (Phi) is 4.60. The van der Waals surface area contributed by atoms with Gasteiger partial charge in [-0.05, 0) is 25.5 Å². The molecule has 1 aliphatic heterocycles. The number of halogens is 2. The Labute approximate surface area is 121 Å². The fraction of sp³-hybridized carbons (Fsp3) is 0.429. The summed E-state index contributed by atoms with van der Waals surface area (Å²) < 4.78 is 13.6. The van der Waals surface area contributed by atoms with Gasteiger partial charge in [0.25, 0.3) is 0 Å². The molecule has 108 valence electrons. The summed E-state index contributed by atoms with van der Waals surface area (Å²) in [7, 11) is 0. The first-order valence-electron chi connectivity index (χ1n) is 6.54. The number of hydrogen-bond donors (Lipinski definition) is 1. The van der Waals surface area contributed by atoms with Crippen LogP contribution in [0.2, 0.25) is 5.02 Å². The summed E-state index contributed by atoms with van der Waals surface area (Å²) in [6, 6.07) is 3.92. The van der Waals surface area contributed by atoms with Crippen LogP contribution < -0.4 is 5.32 Å². The summed E-state index contributed by atoms with van der Waals surface area (Å²) in [5.74, 6) is -0.735. The molecule has 0 aromatic heterocycles. The Morgan fingerprint density at radius 2 is 2.30 bits per heavy atom. The zero-order valence-electron chi connectivity index (χ0n) is 11.2. The minimum absolute atomic E-state index is 0.0171. The van der Waals surface area contributed by atoms with E-state index in [0.29, 0.717) is 19.4 Å². The maximum absolute atomic E-state index is 13.6. The van der Waals surface area contributed by atoms with Gasteiger partial charge in [-0.1, -0.05) is 17.7 Å². The van der Waals surface area contributed by atoms with Crippen molar-refractivity contribution in [3.05, 3.63) is 34.6 Å². The maximum atomic E-state index is 13.6. The van der Waals surface area contributed by atoms with E-state index >= 15 is 0 Å². The van der Waals surface area contributed by atoms with Gasteiger partial charge in [0, 0.05) is 30.1 Å². The molecule has 0 aliphatic carbocycles. The van der Waals surface area contributed by atoms with Gasteiger partial charge >= 0.3 is 0 Å². The van der Waals surface area contributed by atoms with Crippen molar-refractivity contribution in [2.24, 2.45) is 0 Å². The summed E-state index contributed by atoms with van der Waals surface area (Å²) in [5.41, 5.74) is 0.259. The molecule has 0 saturated carbocycles. The molecule has 2 amide bonds. The molecule has 20 heavy (non-hydrogen) atoms. The molecule has 1 atom stereocenters. The molecule has 1 heterocycles. The second-order valence-electron chi connectivity index (χ2n) is 4.65. The number of benzene rings is 1. The predicted molar refractivity (Wildman–Crippen MR) is 73.7 cm³/mol. The van der Waals surface area contributed by atoms with Crippen LogP contribution >= 0.6 is 11.6 Å². The molecule has 1 aliphatic rings. The van der Waals surface area contributed by atoms with Gasteiger partial charge in [0.15, 0.2) is 0 Å². The number of nitrogens with one attached hydrogen (secondary N) is 1. The second-order valence-corrected chi connectivity index (χ2v) is 5.06. The van der Waals surface area contributed by atoms with E-state index in [1.165, 1.54) is 17.0 Å². The van der Waals surface area contributed by atoms with Crippen molar-refractivity contribution < 1.29 is 14.0 Å². The third-order valence-electron chi connectivity index (χ3n) is 3.47. The second kappa shape index (κ2) is 6.22. The molecular formula is C14H16ClFN2O2. The van der Waals surface area contributed by atoms with Crippen LogP contribution in [0.15, 0.2) is 18.2 Å². The van der Waals surface area contributed by atoms with E-state index in [-0.39, 0.29) is 28.9 Å². The van der Waals surface area contributed by atoms with Gasteiger partial charge in [-0.2, -0.15) is 0 Å².